The largest absolute Gasteiger partial charge is 0.160 e. The van der Waals surface area contributed by atoms with E-state index in [4.69, 9.17) is 10.2 Å². The summed E-state index contributed by atoms with van der Waals surface area (Å²) in [6, 6.07) is 0. The van der Waals surface area contributed by atoms with Crippen LogP contribution in [0.25, 0.3) is 0 Å². The molecule has 2 heteroatoms. The highest BCUT2D eigenvalue weighted by Gasteiger charge is 2.05. The van der Waals surface area contributed by atoms with Crippen LogP contribution < -0.4 is 0 Å². The Bertz CT molecular complexity index is 352. The first-order chi connectivity index (χ1) is 13.9. The van der Waals surface area contributed by atoms with Crippen LogP contribution in [0.5, 0.6) is 0 Å². The van der Waals surface area contributed by atoms with E-state index < -0.39 is 0 Å². The smallest absolute Gasteiger partial charge is 0.0405 e. The molecule has 2 rings (SSSR count). The van der Waals surface area contributed by atoms with Gasteiger partial charge in [0.1, 0.15) is 0 Å². The van der Waals surface area contributed by atoms with Crippen LogP contribution in [0.2, 0.25) is 0 Å². The second-order valence-electron chi connectivity index (χ2n) is 9.40. The molecule has 2 aliphatic rings. The molecule has 0 aromatic rings. The van der Waals surface area contributed by atoms with Crippen LogP contribution in [0.4, 0.5) is 0 Å². The topological polar surface area (TPSA) is 24.7 Å². The van der Waals surface area contributed by atoms with Crippen LogP contribution in [0.3, 0.4) is 0 Å². The Balaban J connectivity index is 1.88. The maximum absolute atomic E-state index is 4.85. The quantitative estimate of drug-likeness (QED) is 0.400. The fourth-order valence-electron chi connectivity index (χ4n) is 4.74. The zero-order chi connectivity index (χ0) is 19.5. The predicted molar refractivity (Wildman–Crippen MR) is 126 cm³/mol. The highest BCUT2D eigenvalue weighted by atomic mass is 15.2. The summed E-state index contributed by atoms with van der Waals surface area (Å²) in [7, 11) is 0. The summed E-state index contributed by atoms with van der Waals surface area (Å²) >= 11 is 0. The van der Waals surface area contributed by atoms with Gasteiger partial charge in [-0.05, 0) is 51.4 Å². The van der Waals surface area contributed by atoms with Crippen LogP contribution >= 0.6 is 0 Å². The summed E-state index contributed by atoms with van der Waals surface area (Å²) in [5.41, 5.74) is 2.80. The molecule has 0 N–H and O–H groups in total. The van der Waals surface area contributed by atoms with E-state index in [1.165, 1.54) is 166 Å². The van der Waals surface area contributed by atoms with Crippen molar-refractivity contribution >= 4 is 11.4 Å². The van der Waals surface area contributed by atoms with Gasteiger partial charge in [-0.2, -0.15) is 10.2 Å². The minimum Gasteiger partial charge on any atom is -0.160 e. The van der Waals surface area contributed by atoms with Gasteiger partial charge in [-0.15, -0.1) is 0 Å². The van der Waals surface area contributed by atoms with E-state index in [1.807, 2.05) is 0 Å². The van der Waals surface area contributed by atoms with Crippen molar-refractivity contribution in [3.8, 4) is 0 Å². The maximum atomic E-state index is 4.85. The lowest BCUT2D eigenvalue weighted by Crippen LogP contribution is -2.02. The molecule has 2 saturated carbocycles. The standard InChI is InChI=1S/C26H48N2/c1-2-6-10-14-18-22-25(21-17-13-9-5-1)27-28-26-23-19-15-11-7-3-4-8-12-16-20-24-26/h1-24H2. The first-order valence-electron chi connectivity index (χ1n) is 13.1. The lowest BCUT2D eigenvalue weighted by Gasteiger charge is -2.07. The summed E-state index contributed by atoms with van der Waals surface area (Å²) in [6.45, 7) is 0. The maximum Gasteiger partial charge on any atom is 0.0405 e. The molecule has 0 amide bonds. The second-order valence-corrected chi connectivity index (χ2v) is 9.40. The van der Waals surface area contributed by atoms with Crippen LogP contribution in [-0.2, 0) is 0 Å². The van der Waals surface area contributed by atoms with Gasteiger partial charge in [-0.3, -0.25) is 0 Å². The molecular weight excluding hydrogens is 340 g/mol. The molecule has 0 unspecified atom stereocenters. The number of rotatable bonds is 1. The van der Waals surface area contributed by atoms with E-state index in [0.717, 1.165) is 0 Å². The Morgan fingerprint density at radius 3 is 0.643 bits per heavy atom. The number of hydrogen-bond donors (Lipinski definition) is 0. The molecule has 0 heterocycles. The van der Waals surface area contributed by atoms with Gasteiger partial charge >= 0.3 is 0 Å². The van der Waals surface area contributed by atoms with Gasteiger partial charge in [0.15, 0.2) is 0 Å². The zero-order valence-corrected chi connectivity index (χ0v) is 18.9. The van der Waals surface area contributed by atoms with E-state index in [9.17, 15) is 0 Å². The van der Waals surface area contributed by atoms with Gasteiger partial charge in [0, 0.05) is 11.4 Å². The molecular formula is C26H48N2. The molecule has 0 aromatic heterocycles. The van der Waals surface area contributed by atoms with Crippen molar-refractivity contribution < 1.29 is 0 Å². The summed E-state index contributed by atoms with van der Waals surface area (Å²) < 4.78 is 0. The molecule has 2 fully saturated rings. The first-order valence-corrected chi connectivity index (χ1v) is 13.1. The minimum atomic E-state index is 1.19. The van der Waals surface area contributed by atoms with E-state index in [0.29, 0.717) is 0 Å². The van der Waals surface area contributed by atoms with Crippen LogP contribution in [0.15, 0.2) is 10.2 Å². The van der Waals surface area contributed by atoms with Gasteiger partial charge in [-0.25, -0.2) is 0 Å². The Morgan fingerprint density at radius 1 is 0.250 bits per heavy atom. The molecule has 28 heavy (non-hydrogen) atoms. The Labute approximate surface area is 176 Å². The molecule has 0 bridgehead atoms. The van der Waals surface area contributed by atoms with Crippen molar-refractivity contribution in [1.82, 2.24) is 0 Å². The SMILES string of the molecule is C1CCCCCCC(=NN=C2CCCCCCCCCCCC2)CCCCC1. The minimum absolute atomic E-state index is 1.19. The average molecular weight is 389 g/mol. The van der Waals surface area contributed by atoms with E-state index in [2.05, 4.69) is 0 Å². The average Bonchev–Trinajstić information content (AvgIpc) is 2.75. The lowest BCUT2D eigenvalue weighted by atomic mass is 10.0. The summed E-state index contributed by atoms with van der Waals surface area (Å²) in [5, 5.41) is 9.70. The monoisotopic (exact) mass is 388 g/mol. The molecule has 0 spiro atoms. The van der Waals surface area contributed by atoms with Crippen molar-refractivity contribution in [1.29, 1.82) is 0 Å². The number of nitrogens with zero attached hydrogens (tertiary/aromatic N) is 2. The molecule has 0 aliphatic heterocycles. The van der Waals surface area contributed by atoms with Crippen molar-refractivity contribution in [3.05, 3.63) is 0 Å². The van der Waals surface area contributed by atoms with Crippen LogP contribution in [0.1, 0.15) is 154 Å². The Hall–Kier alpha value is -0.660. The van der Waals surface area contributed by atoms with E-state index in [1.54, 1.807) is 0 Å². The second kappa shape index (κ2) is 17.2. The molecule has 0 saturated heterocycles. The fourth-order valence-corrected chi connectivity index (χ4v) is 4.74. The highest BCUT2D eigenvalue weighted by molar-refractivity contribution is 5.88. The normalized spacial score (nSPS) is 23.7. The molecule has 2 aliphatic carbocycles. The third kappa shape index (κ3) is 12.7. The third-order valence-electron chi connectivity index (χ3n) is 6.69. The molecule has 0 aromatic carbocycles. The third-order valence-corrected chi connectivity index (χ3v) is 6.69. The van der Waals surface area contributed by atoms with Gasteiger partial charge < -0.3 is 0 Å². The van der Waals surface area contributed by atoms with Crippen LogP contribution in [-0.4, -0.2) is 11.4 Å². The molecule has 0 atom stereocenters. The molecule has 162 valence electrons. The molecule has 2 nitrogen and oxygen atoms in total. The Kier molecular flexibility index (Phi) is 14.5. The van der Waals surface area contributed by atoms with Crippen LogP contribution in [0, 0.1) is 0 Å². The molecule has 0 radical (unpaired) electrons. The summed E-state index contributed by atoms with van der Waals surface area (Å²) in [6.07, 6.45) is 32.8. The Morgan fingerprint density at radius 2 is 0.429 bits per heavy atom. The lowest BCUT2D eigenvalue weighted by molar-refractivity contribution is 0.562. The fraction of sp³-hybridized carbons (Fsp3) is 0.923. The van der Waals surface area contributed by atoms with Gasteiger partial charge in [0.05, 0.1) is 0 Å². The highest BCUT2D eigenvalue weighted by Crippen LogP contribution is 2.18. The predicted octanol–water partition coefficient (Wildman–Crippen LogP) is 9.17. The van der Waals surface area contributed by atoms with Crippen molar-refractivity contribution in [2.24, 2.45) is 10.2 Å². The van der Waals surface area contributed by atoms with Gasteiger partial charge in [0.25, 0.3) is 0 Å². The van der Waals surface area contributed by atoms with Crippen molar-refractivity contribution in [3.63, 3.8) is 0 Å². The van der Waals surface area contributed by atoms with E-state index in [-0.39, 0.29) is 0 Å². The summed E-state index contributed by atoms with van der Waals surface area (Å²) in [4.78, 5) is 0. The zero-order valence-electron chi connectivity index (χ0n) is 18.9. The van der Waals surface area contributed by atoms with Crippen molar-refractivity contribution in [2.45, 2.75) is 154 Å². The van der Waals surface area contributed by atoms with E-state index >= 15 is 0 Å². The van der Waals surface area contributed by atoms with Crippen molar-refractivity contribution in [2.75, 3.05) is 0 Å². The van der Waals surface area contributed by atoms with Gasteiger partial charge in [-0.1, -0.05) is 103 Å². The first kappa shape index (κ1) is 23.6. The van der Waals surface area contributed by atoms with Gasteiger partial charge in [0.2, 0.25) is 0 Å². The number of hydrogen-bond acceptors (Lipinski definition) is 2. The summed E-state index contributed by atoms with van der Waals surface area (Å²) in [5.74, 6) is 0.